The lowest BCUT2D eigenvalue weighted by Crippen LogP contribution is -1.98. The molecule has 0 aliphatic heterocycles. The minimum absolute atomic E-state index is 0.436. The van der Waals surface area contributed by atoms with Crippen molar-refractivity contribution >= 4 is 34.0 Å². The summed E-state index contributed by atoms with van der Waals surface area (Å²) in [6.45, 7) is 0.436. The SMILES string of the molecule is Clc1cc(Nc2ncnc3ccccc23)ccc1OCc1ccncc1. The molecule has 4 aromatic rings. The quantitative estimate of drug-likeness (QED) is 0.541. The van der Waals surface area contributed by atoms with E-state index in [9.17, 15) is 0 Å². The van der Waals surface area contributed by atoms with Gasteiger partial charge >= 0.3 is 0 Å². The number of rotatable bonds is 5. The van der Waals surface area contributed by atoms with Crippen LogP contribution in [0.25, 0.3) is 10.9 Å². The van der Waals surface area contributed by atoms with Crippen LogP contribution in [-0.2, 0) is 6.61 Å². The van der Waals surface area contributed by atoms with Crippen molar-refractivity contribution in [3.63, 3.8) is 0 Å². The Bertz CT molecular complexity index is 1030. The summed E-state index contributed by atoms with van der Waals surface area (Å²) < 4.78 is 5.79. The van der Waals surface area contributed by atoms with Crippen molar-refractivity contribution in [3.05, 3.63) is 83.9 Å². The van der Waals surface area contributed by atoms with Crippen LogP contribution in [0, 0.1) is 0 Å². The molecule has 1 N–H and O–H groups in total. The first-order chi connectivity index (χ1) is 12.8. The third-order valence-electron chi connectivity index (χ3n) is 3.88. The molecule has 4 rings (SSSR count). The largest absolute Gasteiger partial charge is 0.487 e. The Labute approximate surface area is 155 Å². The molecule has 0 unspecified atom stereocenters. The number of anilines is 2. The molecule has 2 aromatic heterocycles. The number of para-hydroxylation sites is 1. The highest BCUT2D eigenvalue weighted by atomic mass is 35.5. The maximum Gasteiger partial charge on any atom is 0.141 e. The Hall–Kier alpha value is -3.18. The summed E-state index contributed by atoms with van der Waals surface area (Å²) in [4.78, 5) is 12.6. The summed E-state index contributed by atoms with van der Waals surface area (Å²) >= 11 is 6.37. The summed E-state index contributed by atoms with van der Waals surface area (Å²) in [5.74, 6) is 1.36. The molecule has 0 atom stereocenters. The molecule has 0 spiro atoms. The van der Waals surface area contributed by atoms with Crippen LogP contribution in [-0.4, -0.2) is 15.0 Å². The fourth-order valence-electron chi connectivity index (χ4n) is 2.58. The molecule has 0 radical (unpaired) electrons. The second-order valence-corrected chi connectivity index (χ2v) is 6.06. The molecule has 128 valence electrons. The molecule has 0 bridgehead atoms. The average molecular weight is 363 g/mol. The molecule has 0 saturated carbocycles. The van der Waals surface area contributed by atoms with Gasteiger partial charge in [0.2, 0.25) is 0 Å². The van der Waals surface area contributed by atoms with Gasteiger partial charge in [-0.15, -0.1) is 0 Å². The second-order valence-electron chi connectivity index (χ2n) is 5.65. The monoisotopic (exact) mass is 362 g/mol. The molecule has 0 saturated heterocycles. The molecule has 6 heteroatoms. The number of fused-ring (bicyclic) bond motifs is 1. The fraction of sp³-hybridized carbons (Fsp3) is 0.0500. The molecule has 0 aliphatic rings. The van der Waals surface area contributed by atoms with E-state index in [-0.39, 0.29) is 0 Å². The van der Waals surface area contributed by atoms with E-state index in [1.165, 1.54) is 0 Å². The maximum atomic E-state index is 6.37. The van der Waals surface area contributed by atoms with Crippen molar-refractivity contribution in [3.8, 4) is 5.75 Å². The first-order valence-corrected chi connectivity index (χ1v) is 8.45. The van der Waals surface area contributed by atoms with E-state index in [0.29, 0.717) is 17.4 Å². The van der Waals surface area contributed by atoms with Crippen LogP contribution in [0.4, 0.5) is 11.5 Å². The average Bonchev–Trinajstić information content (AvgIpc) is 2.68. The van der Waals surface area contributed by atoms with E-state index >= 15 is 0 Å². The van der Waals surface area contributed by atoms with Crippen LogP contribution in [0.15, 0.2) is 73.3 Å². The lowest BCUT2D eigenvalue weighted by Gasteiger charge is -2.11. The van der Waals surface area contributed by atoms with Crippen LogP contribution >= 0.6 is 11.6 Å². The Morgan fingerprint density at radius 3 is 2.65 bits per heavy atom. The molecule has 0 fully saturated rings. The molecular formula is C20H15ClN4O. The van der Waals surface area contributed by atoms with Gasteiger partial charge in [-0.25, -0.2) is 9.97 Å². The van der Waals surface area contributed by atoms with Crippen LogP contribution in [0.1, 0.15) is 5.56 Å². The van der Waals surface area contributed by atoms with E-state index < -0.39 is 0 Å². The van der Waals surface area contributed by atoms with E-state index in [0.717, 1.165) is 28.0 Å². The number of hydrogen-bond donors (Lipinski definition) is 1. The van der Waals surface area contributed by atoms with E-state index in [2.05, 4.69) is 20.3 Å². The maximum absolute atomic E-state index is 6.37. The predicted octanol–water partition coefficient (Wildman–Crippen LogP) is 5.00. The van der Waals surface area contributed by atoms with Crippen LogP contribution < -0.4 is 10.1 Å². The minimum Gasteiger partial charge on any atom is -0.487 e. The second kappa shape index (κ2) is 7.37. The highest BCUT2D eigenvalue weighted by Gasteiger charge is 2.07. The number of nitrogens with zero attached hydrogens (tertiary/aromatic N) is 3. The van der Waals surface area contributed by atoms with Gasteiger partial charge in [-0.1, -0.05) is 23.7 Å². The van der Waals surface area contributed by atoms with Crippen molar-refractivity contribution in [1.82, 2.24) is 15.0 Å². The molecule has 2 aromatic carbocycles. The van der Waals surface area contributed by atoms with Gasteiger partial charge in [-0.2, -0.15) is 0 Å². The van der Waals surface area contributed by atoms with Crippen LogP contribution in [0.3, 0.4) is 0 Å². The molecule has 5 nitrogen and oxygen atoms in total. The van der Waals surface area contributed by atoms with Gasteiger partial charge in [-0.05, 0) is 48.0 Å². The zero-order chi connectivity index (χ0) is 17.8. The highest BCUT2D eigenvalue weighted by Crippen LogP contribution is 2.30. The summed E-state index contributed by atoms with van der Waals surface area (Å²) in [5, 5.41) is 4.77. The van der Waals surface area contributed by atoms with Gasteiger partial charge in [0.25, 0.3) is 0 Å². The number of ether oxygens (including phenoxy) is 1. The van der Waals surface area contributed by atoms with Gasteiger partial charge in [-0.3, -0.25) is 4.98 Å². The Kier molecular flexibility index (Phi) is 4.62. The normalized spacial score (nSPS) is 10.7. The number of pyridine rings is 1. The lowest BCUT2D eigenvalue weighted by atomic mass is 10.2. The molecular weight excluding hydrogens is 348 g/mol. The van der Waals surface area contributed by atoms with Crippen molar-refractivity contribution < 1.29 is 4.74 Å². The fourth-order valence-corrected chi connectivity index (χ4v) is 2.81. The number of hydrogen-bond acceptors (Lipinski definition) is 5. The number of halogens is 1. The van der Waals surface area contributed by atoms with Gasteiger partial charge in [0.15, 0.2) is 0 Å². The van der Waals surface area contributed by atoms with E-state index in [4.69, 9.17) is 16.3 Å². The van der Waals surface area contributed by atoms with Gasteiger partial charge in [0.05, 0.1) is 10.5 Å². The number of aromatic nitrogens is 3. The van der Waals surface area contributed by atoms with Crippen molar-refractivity contribution in [2.75, 3.05) is 5.32 Å². The van der Waals surface area contributed by atoms with Crippen molar-refractivity contribution in [2.45, 2.75) is 6.61 Å². The lowest BCUT2D eigenvalue weighted by molar-refractivity contribution is 0.306. The van der Waals surface area contributed by atoms with Gasteiger partial charge in [0.1, 0.15) is 24.5 Å². The summed E-state index contributed by atoms with van der Waals surface area (Å²) in [6.07, 6.45) is 5.01. The molecule has 0 aliphatic carbocycles. The molecule has 26 heavy (non-hydrogen) atoms. The van der Waals surface area contributed by atoms with E-state index in [1.807, 2.05) is 54.6 Å². The number of benzene rings is 2. The zero-order valence-electron chi connectivity index (χ0n) is 13.8. The summed E-state index contributed by atoms with van der Waals surface area (Å²) in [6, 6.07) is 17.2. The first-order valence-electron chi connectivity index (χ1n) is 8.07. The topological polar surface area (TPSA) is 59.9 Å². The van der Waals surface area contributed by atoms with Crippen LogP contribution in [0.2, 0.25) is 5.02 Å². The highest BCUT2D eigenvalue weighted by molar-refractivity contribution is 6.32. The zero-order valence-corrected chi connectivity index (χ0v) is 14.5. The van der Waals surface area contributed by atoms with E-state index in [1.54, 1.807) is 18.7 Å². The Balaban J connectivity index is 1.52. The standard InChI is InChI=1S/C20H15ClN4O/c21-17-11-15(5-6-19(17)26-12-14-7-9-22-10-8-14)25-20-16-3-1-2-4-18(16)23-13-24-20/h1-11,13H,12H2,(H,23,24,25). The minimum atomic E-state index is 0.436. The third-order valence-corrected chi connectivity index (χ3v) is 4.18. The Morgan fingerprint density at radius 2 is 1.81 bits per heavy atom. The Morgan fingerprint density at radius 1 is 0.962 bits per heavy atom. The van der Waals surface area contributed by atoms with Crippen molar-refractivity contribution in [1.29, 1.82) is 0 Å². The van der Waals surface area contributed by atoms with Crippen molar-refractivity contribution in [2.24, 2.45) is 0 Å². The molecule has 0 amide bonds. The third kappa shape index (κ3) is 3.58. The van der Waals surface area contributed by atoms with Gasteiger partial charge in [0, 0.05) is 23.5 Å². The van der Waals surface area contributed by atoms with Crippen LogP contribution in [0.5, 0.6) is 5.75 Å². The summed E-state index contributed by atoms with van der Waals surface area (Å²) in [7, 11) is 0. The number of nitrogens with one attached hydrogen (secondary N) is 1. The summed E-state index contributed by atoms with van der Waals surface area (Å²) in [5.41, 5.74) is 2.74. The molecule has 2 heterocycles. The predicted molar refractivity (Wildman–Crippen MR) is 103 cm³/mol. The van der Waals surface area contributed by atoms with Gasteiger partial charge < -0.3 is 10.1 Å². The smallest absolute Gasteiger partial charge is 0.141 e. The first kappa shape index (κ1) is 16.3.